The summed E-state index contributed by atoms with van der Waals surface area (Å²) in [4.78, 5) is 25.1. The van der Waals surface area contributed by atoms with Gasteiger partial charge in [-0.2, -0.15) is 5.10 Å². The minimum absolute atomic E-state index is 0.0856. The maximum Gasteiger partial charge on any atom is 0.342 e. The second-order valence-corrected chi connectivity index (χ2v) is 7.07. The molecule has 0 aliphatic carbocycles. The lowest BCUT2D eigenvalue weighted by molar-refractivity contribution is -0.147. The standard InChI is InChI=1S/C20H20ClN3O3/c1-13-4-6-14(7-5-13)17-20(2,18(25)27-3)12-24(23-17)19(26)22-16-10-8-15(21)9-11-16/h4-11H,12H2,1-3H3,(H,22,26). The molecule has 1 aliphatic rings. The lowest BCUT2D eigenvalue weighted by atomic mass is 9.82. The van der Waals surface area contributed by atoms with Gasteiger partial charge in [0.2, 0.25) is 0 Å². The summed E-state index contributed by atoms with van der Waals surface area (Å²) in [6.45, 7) is 3.79. The number of amides is 2. The minimum Gasteiger partial charge on any atom is -0.468 e. The van der Waals surface area contributed by atoms with E-state index in [1.54, 1.807) is 31.2 Å². The van der Waals surface area contributed by atoms with E-state index in [1.807, 2.05) is 31.2 Å². The van der Waals surface area contributed by atoms with E-state index in [-0.39, 0.29) is 6.54 Å². The first kappa shape index (κ1) is 18.9. The molecule has 0 aromatic heterocycles. The van der Waals surface area contributed by atoms with Gasteiger partial charge in [-0.15, -0.1) is 0 Å². The third-order valence-corrected chi connectivity index (χ3v) is 4.75. The van der Waals surface area contributed by atoms with Gasteiger partial charge in [-0.05, 0) is 43.7 Å². The van der Waals surface area contributed by atoms with Crippen molar-refractivity contribution in [3.05, 3.63) is 64.7 Å². The summed E-state index contributed by atoms with van der Waals surface area (Å²) in [5.74, 6) is -0.441. The van der Waals surface area contributed by atoms with Gasteiger partial charge in [-0.25, -0.2) is 9.80 Å². The molecule has 0 fully saturated rings. The van der Waals surface area contributed by atoms with Crippen molar-refractivity contribution in [2.75, 3.05) is 19.0 Å². The van der Waals surface area contributed by atoms with E-state index in [0.29, 0.717) is 16.4 Å². The third-order valence-electron chi connectivity index (χ3n) is 4.50. The highest BCUT2D eigenvalue weighted by atomic mass is 35.5. The van der Waals surface area contributed by atoms with Gasteiger partial charge < -0.3 is 10.1 Å². The quantitative estimate of drug-likeness (QED) is 0.809. The number of rotatable bonds is 3. The van der Waals surface area contributed by atoms with Crippen LogP contribution in [-0.4, -0.2) is 36.4 Å². The molecule has 7 heteroatoms. The molecule has 1 aliphatic heterocycles. The molecule has 140 valence electrons. The molecule has 1 N–H and O–H groups in total. The molecule has 0 radical (unpaired) electrons. The number of carbonyl (C=O) groups is 2. The van der Waals surface area contributed by atoms with Gasteiger partial charge in [0.05, 0.1) is 19.4 Å². The summed E-state index contributed by atoms with van der Waals surface area (Å²) < 4.78 is 4.98. The Kier molecular flexibility index (Phi) is 5.19. The van der Waals surface area contributed by atoms with Gasteiger partial charge >= 0.3 is 12.0 Å². The molecule has 2 amide bonds. The van der Waals surface area contributed by atoms with Gasteiger partial charge in [0.15, 0.2) is 0 Å². The summed E-state index contributed by atoms with van der Waals surface area (Å²) in [7, 11) is 1.33. The van der Waals surface area contributed by atoms with Gasteiger partial charge in [-0.3, -0.25) is 4.79 Å². The molecule has 1 heterocycles. The Labute approximate surface area is 162 Å². The molecule has 27 heavy (non-hydrogen) atoms. The largest absolute Gasteiger partial charge is 0.468 e. The van der Waals surface area contributed by atoms with Crippen LogP contribution < -0.4 is 5.32 Å². The smallest absolute Gasteiger partial charge is 0.342 e. The van der Waals surface area contributed by atoms with Gasteiger partial charge in [0.1, 0.15) is 5.41 Å². The molecule has 0 bridgehead atoms. The fourth-order valence-electron chi connectivity index (χ4n) is 2.95. The van der Waals surface area contributed by atoms with E-state index in [1.165, 1.54) is 12.1 Å². The SMILES string of the molecule is COC(=O)C1(C)CN(C(=O)Nc2ccc(Cl)cc2)N=C1c1ccc(C)cc1. The maximum atomic E-state index is 12.7. The first-order chi connectivity index (χ1) is 12.8. The zero-order chi connectivity index (χ0) is 19.6. The highest BCUT2D eigenvalue weighted by molar-refractivity contribution is 6.30. The van der Waals surface area contributed by atoms with Gasteiger partial charge in [0, 0.05) is 10.7 Å². The molecule has 2 aromatic rings. The van der Waals surface area contributed by atoms with Crippen molar-refractivity contribution in [3.8, 4) is 0 Å². The molecule has 6 nitrogen and oxygen atoms in total. The van der Waals surface area contributed by atoms with E-state index in [9.17, 15) is 9.59 Å². The molecule has 3 rings (SSSR count). The zero-order valence-electron chi connectivity index (χ0n) is 15.3. The van der Waals surface area contributed by atoms with Crippen LogP contribution in [-0.2, 0) is 9.53 Å². The number of urea groups is 1. The van der Waals surface area contributed by atoms with Crippen molar-refractivity contribution < 1.29 is 14.3 Å². The van der Waals surface area contributed by atoms with Crippen LogP contribution in [0.2, 0.25) is 5.02 Å². The fourth-order valence-corrected chi connectivity index (χ4v) is 3.08. The lowest BCUT2D eigenvalue weighted by Crippen LogP contribution is -2.42. The summed E-state index contributed by atoms with van der Waals surface area (Å²) in [5, 5.41) is 9.02. The summed E-state index contributed by atoms with van der Waals surface area (Å²) in [6, 6.07) is 14.0. The van der Waals surface area contributed by atoms with Crippen molar-refractivity contribution in [1.82, 2.24) is 5.01 Å². The number of nitrogens with one attached hydrogen (secondary N) is 1. The number of esters is 1. The Morgan fingerprint density at radius 1 is 1.15 bits per heavy atom. The number of hydrogen-bond donors (Lipinski definition) is 1. The van der Waals surface area contributed by atoms with E-state index in [4.69, 9.17) is 16.3 Å². The number of halogens is 1. The van der Waals surface area contributed by atoms with Crippen molar-refractivity contribution >= 4 is 35.0 Å². The number of ether oxygens (including phenoxy) is 1. The van der Waals surface area contributed by atoms with Crippen molar-refractivity contribution in [2.24, 2.45) is 10.5 Å². The van der Waals surface area contributed by atoms with Crippen LogP contribution in [0.3, 0.4) is 0 Å². The first-order valence-corrected chi connectivity index (χ1v) is 8.80. The van der Waals surface area contributed by atoms with Crippen LogP contribution in [0.25, 0.3) is 0 Å². The van der Waals surface area contributed by atoms with E-state index >= 15 is 0 Å². The number of hydrazone groups is 1. The number of hydrogen-bond acceptors (Lipinski definition) is 4. The van der Waals surface area contributed by atoms with Crippen molar-refractivity contribution in [2.45, 2.75) is 13.8 Å². The number of carbonyl (C=O) groups excluding carboxylic acids is 2. The Morgan fingerprint density at radius 3 is 2.37 bits per heavy atom. The lowest BCUT2D eigenvalue weighted by Gasteiger charge is -2.23. The second kappa shape index (κ2) is 7.40. The third kappa shape index (κ3) is 3.80. The van der Waals surface area contributed by atoms with E-state index in [2.05, 4.69) is 10.4 Å². The van der Waals surface area contributed by atoms with Crippen LogP contribution in [0.4, 0.5) is 10.5 Å². The molecule has 0 saturated carbocycles. The predicted molar refractivity (Wildman–Crippen MR) is 105 cm³/mol. The van der Waals surface area contributed by atoms with Crippen molar-refractivity contribution in [3.63, 3.8) is 0 Å². The highest BCUT2D eigenvalue weighted by Gasteiger charge is 2.48. The fraction of sp³-hybridized carbons (Fsp3) is 0.250. The molecular formula is C20H20ClN3O3. The summed E-state index contributed by atoms with van der Waals surface area (Å²) in [5.41, 5.74) is 1.90. The highest BCUT2D eigenvalue weighted by Crippen LogP contribution is 2.33. The average Bonchev–Trinajstić information content (AvgIpc) is 3.02. The molecule has 1 atom stereocenters. The molecule has 2 aromatic carbocycles. The number of anilines is 1. The monoisotopic (exact) mass is 385 g/mol. The Balaban J connectivity index is 1.90. The summed E-state index contributed by atoms with van der Waals surface area (Å²) >= 11 is 5.87. The zero-order valence-corrected chi connectivity index (χ0v) is 16.1. The molecular weight excluding hydrogens is 366 g/mol. The number of benzene rings is 2. The first-order valence-electron chi connectivity index (χ1n) is 8.42. The Hall–Kier alpha value is -2.86. The average molecular weight is 386 g/mol. The van der Waals surface area contributed by atoms with Crippen LogP contribution >= 0.6 is 11.6 Å². The van der Waals surface area contributed by atoms with E-state index < -0.39 is 17.4 Å². The van der Waals surface area contributed by atoms with Gasteiger partial charge in [-0.1, -0.05) is 41.4 Å². The van der Waals surface area contributed by atoms with Crippen LogP contribution in [0.1, 0.15) is 18.1 Å². The second-order valence-electron chi connectivity index (χ2n) is 6.63. The Morgan fingerprint density at radius 2 is 1.78 bits per heavy atom. The molecule has 0 saturated heterocycles. The Bertz CT molecular complexity index is 894. The topological polar surface area (TPSA) is 71.0 Å². The molecule has 0 spiro atoms. The number of aryl methyl sites for hydroxylation is 1. The van der Waals surface area contributed by atoms with Gasteiger partial charge in [0.25, 0.3) is 0 Å². The van der Waals surface area contributed by atoms with Crippen LogP contribution in [0.5, 0.6) is 0 Å². The predicted octanol–water partition coefficient (Wildman–Crippen LogP) is 4.08. The van der Waals surface area contributed by atoms with Crippen LogP contribution in [0, 0.1) is 12.3 Å². The normalized spacial score (nSPS) is 18.8. The molecule has 1 unspecified atom stereocenters. The van der Waals surface area contributed by atoms with E-state index in [0.717, 1.165) is 11.1 Å². The minimum atomic E-state index is -1.05. The summed E-state index contributed by atoms with van der Waals surface area (Å²) in [6.07, 6.45) is 0. The maximum absolute atomic E-state index is 12.7. The van der Waals surface area contributed by atoms with Crippen molar-refractivity contribution in [1.29, 1.82) is 0 Å². The number of methoxy groups -OCH3 is 1. The van der Waals surface area contributed by atoms with Crippen LogP contribution in [0.15, 0.2) is 53.6 Å². The number of nitrogens with zero attached hydrogens (tertiary/aromatic N) is 2.